The SMILES string of the molecule is CC(=O)Cc1ccccc1-c1cc(N2CCOC[C@H]2C)nc2c(-c3ccnn3C3CCCCO3)nccc12. The van der Waals surface area contributed by atoms with Crippen LogP contribution in [0.25, 0.3) is 33.4 Å². The zero-order chi connectivity index (χ0) is 26.1. The Morgan fingerprint density at radius 1 is 1.08 bits per heavy atom. The molecule has 6 rings (SSSR count). The minimum absolute atomic E-state index is 0.107. The van der Waals surface area contributed by atoms with Crippen molar-refractivity contribution in [1.29, 1.82) is 0 Å². The van der Waals surface area contributed by atoms with Crippen LogP contribution < -0.4 is 4.90 Å². The Hall–Kier alpha value is -3.62. The van der Waals surface area contributed by atoms with Crippen molar-refractivity contribution in [3.8, 4) is 22.5 Å². The summed E-state index contributed by atoms with van der Waals surface area (Å²) in [6.45, 7) is 6.61. The van der Waals surface area contributed by atoms with Crippen molar-refractivity contribution in [1.82, 2.24) is 19.7 Å². The van der Waals surface area contributed by atoms with Gasteiger partial charge in [0.05, 0.1) is 24.9 Å². The second-order valence-corrected chi connectivity index (χ2v) is 10.2. The van der Waals surface area contributed by atoms with Gasteiger partial charge in [0.15, 0.2) is 6.23 Å². The van der Waals surface area contributed by atoms with Crippen LogP contribution in [-0.4, -0.2) is 57.9 Å². The van der Waals surface area contributed by atoms with Crippen LogP contribution in [0.15, 0.2) is 54.9 Å². The summed E-state index contributed by atoms with van der Waals surface area (Å²) in [7, 11) is 0. The fraction of sp³-hybridized carbons (Fsp3) is 0.400. The summed E-state index contributed by atoms with van der Waals surface area (Å²) in [5, 5.41) is 5.63. The minimum Gasteiger partial charge on any atom is -0.377 e. The molecule has 4 aromatic rings. The van der Waals surface area contributed by atoms with Gasteiger partial charge in [0, 0.05) is 37.4 Å². The van der Waals surface area contributed by atoms with Crippen LogP contribution in [0, 0.1) is 0 Å². The molecular weight excluding hydrogens is 478 g/mol. The van der Waals surface area contributed by atoms with E-state index in [-0.39, 0.29) is 18.1 Å². The number of benzene rings is 1. The first-order chi connectivity index (χ1) is 18.6. The predicted molar refractivity (Wildman–Crippen MR) is 147 cm³/mol. The number of nitrogens with zero attached hydrogens (tertiary/aromatic N) is 5. The van der Waals surface area contributed by atoms with Gasteiger partial charge in [-0.15, -0.1) is 0 Å². The lowest BCUT2D eigenvalue weighted by Gasteiger charge is -2.34. The zero-order valence-corrected chi connectivity index (χ0v) is 22.0. The Morgan fingerprint density at radius 3 is 2.79 bits per heavy atom. The summed E-state index contributed by atoms with van der Waals surface area (Å²) < 4.78 is 13.7. The van der Waals surface area contributed by atoms with Crippen molar-refractivity contribution < 1.29 is 14.3 Å². The summed E-state index contributed by atoms with van der Waals surface area (Å²) in [6, 6.07) is 14.5. The van der Waals surface area contributed by atoms with Gasteiger partial charge in [0.25, 0.3) is 0 Å². The van der Waals surface area contributed by atoms with Crippen molar-refractivity contribution >= 4 is 22.5 Å². The predicted octanol–water partition coefficient (Wildman–Crippen LogP) is 5.22. The van der Waals surface area contributed by atoms with Crippen LogP contribution in [0.3, 0.4) is 0 Å². The molecule has 8 nitrogen and oxygen atoms in total. The molecule has 2 saturated heterocycles. The van der Waals surface area contributed by atoms with E-state index in [4.69, 9.17) is 19.4 Å². The number of ether oxygens (including phenoxy) is 2. The number of ketones is 1. The number of rotatable bonds is 6. The molecular formula is C30H33N5O3. The molecule has 3 aromatic heterocycles. The van der Waals surface area contributed by atoms with Gasteiger partial charge in [0.1, 0.15) is 22.8 Å². The summed E-state index contributed by atoms with van der Waals surface area (Å²) in [4.78, 5) is 24.5. The van der Waals surface area contributed by atoms with E-state index in [0.29, 0.717) is 19.6 Å². The zero-order valence-electron chi connectivity index (χ0n) is 22.0. The van der Waals surface area contributed by atoms with Gasteiger partial charge >= 0.3 is 0 Å². The van der Waals surface area contributed by atoms with E-state index in [1.807, 2.05) is 47.4 Å². The summed E-state index contributed by atoms with van der Waals surface area (Å²) in [5.74, 6) is 1.02. The maximum absolute atomic E-state index is 12.1. The molecule has 0 bridgehead atoms. The molecule has 2 aliphatic rings. The van der Waals surface area contributed by atoms with E-state index in [1.165, 1.54) is 0 Å². The molecule has 0 spiro atoms. The van der Waals surface area contributed by atoms with Crippen molar-refractivity contribution in [2.24, 2.45) is 0 Å². The Balaban J connectivity index is 1.58. The number of pyridine rings is 2. The van der Waals surface area contributed by atoms with Crippen molar-refractivity contribution in [3.05, 3.63) is 60.4 Å². The van der Waals surface area contributed by atoms with Crippen LogP contribution in [0.5, 0.6) is 0 Å². The van der Waals surface area contributed by atoms with Gasteiger partial charge in [-0.2, -0.15) is 5.10 Å². The maximum atomic E-state index is 12.1. The highest BCUT2D eigenvalue weighted by Crippen LogP contribution is 2.38. The van der Waals surface area contributed by atoms with Gasteiger partial charge in [-0.05, 0) is 68.0 Å². The topological polar surface area (TPSA) is 82.4 Å². The van der Waals surface area contributed by atoms with E-state index in [1.54, 1.807) is 6.92 Å². The number of carbonyl (C=O) groups excluding carboxylic acids is 1. The van der Waals surface area contributed by atoms with Crippen molar-refractivity contribution in [2.45, 2.75) is 51.8 Å². The van der Waals surface area contributed by atoms with Gasteiger partial charge < -0.3 is 14.4 Å². The van der Waals surface area contributed by atoms with Gasteiger partial charge in [-0.3, -0.25) is 9.78 Å². The third-order valence-corrected chi connectivity index (χ3v) is 7.46. The average molecular weight is 512 g/mol. The van der Waals surface area contributed by atoms with E-state index in [0.717, 1.165) is 77.2 Å². The molecule has 38 heavy (non-hydrogen) atoms. The highest BCUT2D eigenvalue weighted by atomic mass is 16.5. The molecule has 196 valence electrons. The molecule has 2 atom stereocenters. The highest BCUT2D eigenvalue weighted by molar-refractivity contribution is 6.02. The van der Waals surface area contributed by atoms with Gasteiger partial charge in [-0.1, -0.05) is 24.3 Å². The van der Waals surface area contributed by atoms with Crippen LogP contribution in [0.2, 0.25) is 0 Å². The number of hydrogen-bond donors (Lipinski definition) is 0. The molecule has 0 saturated carbocycles. The quantitative estimate of drug-likeness (QED) is 0.351. The fourth-order valence-electron chi connectivity index (χ4n) is 5.62. The van der Waals surface area contributed by atoms with E-state index >= 15 is 0 Å². The van der Waals surface area contributed by atoms with Crippen LogP contribution >= 0.6 is 0 Å². The number of morpholine rings is 1. The first-order valence-corrected chi connectivity index (χ1v) is 13.5. The normalized spacial score (nSPS) is 20.1. The summed E-state index contributed by atoms with van der Waals surface area (Å²) in [5.41, 5.74) is 5.58. The molecule has 5 heterocycles. The first-order valence-electron chi connectivity index (χ1n) is 13.5. The maximum Gasteiger partial charge on any atom is 0.150 e. The largest absolute Gasteiger partial charge is 0.377 e. The van der Waals surface area contributed by atoms with Crippen molar-refractivity contribution in [2.75, 3.05) is 31.3 Å². The second-order valence-electron chi connectivity index (χ2n) is 10.2. The Bertz CT molecular complexity index is 1460. The molecule has 0 aliphatic carbocycles. The van der Waals surface area contributed by atoms with E-state index < -0.39 is 0 Å². The number of carbonyl (C=O) groups is 1. The number of aromatic nitrogens is 4. The number of fused-ring (bicyclic) bond motifs is 1. The molecule has 1 unspecified atom stereocenters. The lowest BCUT2D eigenvalue weighted by molar-refractivity contribution is -0.116. The summed E-state index contributed by atoms with van der Waals surface area (Å²) in [6.07, 6.45) is 7.04. The number of hydrogen-bond acceptors (Lipinski definition) is 7. The number of anilines is 1. The molecule has 2 fully saturated rings. The Kier molecular flexibility index (Phi) is 6.91. The molecule has 0 amide bonds. The van der Waals surface area contributed by atoms with Crippen LogP contribution in [-0.2, 0) is 20.7 Å². The van der Waals surface area contributed by atoms with E-state index in [2.05, 4.69) is 29.1 Å². The highest BCUT2D eigenvalue weighted by Gasteiger charge is 2.26. The monoisotopic (exact) mass is 511 g/mol. The lowest BCUT2D eigenvalue weighted by Crippen LogP contribution is -2.44. The van der Waals surface area contributed by atoms with Gasteiger partial charge in [0.2, 0.25) is 0 Å². The third kappa shape index (κ3) is 4.70. The summed E-state index contributed by atoms with van der Waals surface area (Å²) >= 11 is 0. The minimum atomic E-state index is -0.107. The standard InChI is InChI=1S/C30H33N5O3/c1-20-19-37-16-14-34(20)27-18-25(23-8-4-3-7-22(23)17-21(2)36)24-10-12-31-30(29(24)33-27)26-11-13-32-35(26)28-9-5-6-15-38-28/h3-4,7-8,10-13,18,20,28H,5-6,9,14-17,19H2,1-2H3/t20-,28?/m1/s1. The Morgan fingerprint density at radius 2 is 1.97 bits per heavy atom. The molecule has 0 N–H and O–H groups in total. The average Bonchev–Trinajstić information content (AvgIpc) is 3.43. The fourth-order valence-corrected chi connectivity index (χ4v) is 5.62. The Labute approximate surface area is 222 Å². The molecule has 1 aromatic carbocycles. The molecule has 2 aliphatic heterocycles. The smallest absolute Gasteiger partial charge is 0.150 e. The second kappa shape index (κ2) is 10.6. The van der Waals surface area contributed by atoms with Crippen molar-refractivity contribution in [3.63, 3.8) is 0 Å². The van der Waals surface area contributed by atoms with Crippen LogP contribution in [0.4, 0.5) is 5.82 Å². The lowest BCUT2D eigenvalue weighted by atomic mass is 9.93. The number of Topliss-reactive ketones (excluding diaryl/α,β-unsaturated/α-hetero) is 1. The van der Waals surface area contributed by atoms with Crippen LogP contribution in [0.1, 0.15) is 44.9 Å². The first kappa shape index (κ1) is 24.7. The molecule has 8 heteroatoms. The van der Waals surface area contributed by atoms with Gasteiger partial charge in [-0.25, -0.2) is 9.67 Å². The third-order valence-electron chi connectivity index (χ3n) is 7.46. The molecule has 0 radical (unpaired) electrons. The van der Waals surface area contributed by atoms with E-state index in [9.17, 15) is 4.79 Å².